The van der Waals surface area contributed by atoms with Crippen molar-refractivity contribution in [3.63, 3.8) is 0 Å². The van der Waals surface area contributed by atoms with E-state index < -0.39 is 7.60 Å². The first kappa shape index (κ1) is 18.7. The summed E-state index contributed by atoms with van der Waals surface area (Å²) in [6.07, 6.45) is 4.14. The lowest BCUT2D eigenvalue weighted by molar-refractivity contribution is 0.219. The molecule has 0 atom stereocenters. The molecule has 0 aliphatic carbocycles. The smallest absolute Gasteiger partial charge is 0.335 e. The van der Waals surface area contributed by atoms with E-state index in [0.717, 1.165) is 22.5 Å². The first-order chi connectivity index (χ1) is 12.6. The molecule has 0 saturated carbocycles. The van der Waals surface area contributed by atoms with E-state index in [1.54, 1.807) is 0 Å². The molecule has 0 spiro atoms. The Morgan fingerprint density at radius 3 is 1.85 bits per heavy atom. The number of hydrogen-bond acceptors (Lipinski definition) is 3. The molecule has 6 heteroatoms. The number of nitrogens with one attached hydrogen (secondary N) is 2. The van der Waals surface area contributed by atoms with Gasteiger partial charge in [0.25, 0.3) is 0 Å². The van der Waals surface area contributed by atoms with E-state index in [4.69, 9.17) is 9.05 Å². The highest BCUT2D eigenvalue weighted by Gasteiger charge is 2.24. The van der Waals surface area contributed by atoms with Crippen molar-refractivity contribution in [3.05, 3.63) is 83.4 Å². The van der Waals surface area contributed by atoms with E-state index in [0.29, 0.717) is 13.2 Å². The summed E-state index contributed by atoms with van der Waals surface area (Å²) in [6, 6.07) is 16.3. The zero-order valence-corrected chi connectivity index (χ0v) is 16.0. The second-order valence-electron chi connectivity index (χ2n) is 6.03. The van der Waals surface area contributed by atoms with Crippen molar-refractivity contribution in [1.29, 1.82) is 0 Å². The average Bonchev–Trinajstić information content (AvgIpc) is 3.32. The van der Waals surface area contributed by atoms with Crippen LogP contribution in [0, 0.1) is 0 Å². The molecule has 0 amide bonds. The second-order valence-corrected chi connectivity index (χ2v) is 8.08. The fourth-order valence-corrected chi connectivity index (χ4v) is 4.84. The third-order valence-corrected chi connectivity index (χ3v) is 6.26. The molecule has 0 aliphatic rings. The van der Waals surface area contributed by atoms with Gasteiger partial charge in [-0.05, 0) is 49.2 Å². The number of hydrogen-bond donors (Lipinski definition) is 2. The van der Waals surface area contributed by atoms with Crippen LogP contribution in [0.25, 0.3) is 0 Å². The maximum atomic E-state index is 12.7. The fourth-order valence-electron chi connectivity index (χ4n) is 3.14. The van der Waals surface area contributed by atoms with E-state index in [1.807, 2.05) is 50.5 Å². The van der Waals surface area contributed by atoms with Crippen LogP contribution in [0.5, 0.6) is 0 Å². The van der Waals surface area contributed by atoms with Crippen LogP contribution in [0.15, 0.2) is 60.9 Å². The molecule has 2 aromatic heterocycles. The third-order valence-electron chi connectivity index (χ3n) is 4.21. The predicted molar refractivity (Wildman–Crippen MR) is 104 cm³/mol. The minimum Gasteiger partial charge on any atom is -0.364 e. The lowest BCUT2D eigenvalue weighted by atomic mass is 9.92. The molecule has 0 bridgehead atoms. The minimum atomic E-state index is -3.09. The Balaban J connectivity index is 1.85. The fraction of sp³-hybridized carbons (Fsp3) is 0.300. The molecule has 138 valence electrons. The van der Waals surface area contributed by atoms with E-state index >= 15 is 0 Å². The Bertz CT molecular complexity index is 782. The topological polar surface area (TPSA) is 67.1 Å². The molecular weight excluding hydrogens is 347 g/mol. The normalized spacial score (nSPS) is 12.0. The SMILES string of the molecule is CCOP(=O)(Cc1ccc(C(c2ccc[nH]2)c2ccc[nH]2)cc1)OCC. The highest BCUT2D eigenvalue weighted by molar-refractivity contribution is 7.53. The molecule has 0 aliphatic heterocycles. The summed E-state index contributed by atoms with van der Waals surface area (Å²) in [7, 11) is -3.09. The Morgan fingerprint density at radius 1 is 0.885 bits per heavy atom. The van der Waals surface area contributed by atoms with Crippen LogP contribution in [0.4, 0.5) is 0 Å². The first-order valence-corrected chi connectivity index (χ1v) is 10.6. The van der Waals surface area contributed by atoms with Crippen LogP contribution in [0.2, 0.25) is 0 Å². The van der Waals surface area contributed by atoms with E-state index in [-0.39, 0.29) is 12.1 Å². The zero-order chi connectivity index (χ0) is 18.4. The summed E-state index contributed by atoms with van der Waals surface area (Å²) >= 11 is 0. The van der Waals surface area contributed by atoms with Crippen molar-refractivity contribution in [3.8, 4) is 0 Å². The lowest BCUT2D eigenvalue weighted by Gasteiger charge is -2.18. The summed E-state index contributed by atoms with van der Waals surface area (Å²) in [4.78, 5) is 6.61. The van der Waals surface area contributed by atoms with Gasteiger partial charge in [0.1, 0.15) is 0 Å². The summed E-state index contributed by atoms with van der Waals surface area (Å²) in [5.74, 6) is 0.0969. The molecule has 5 nitrogen and oxygen atoms in total. The van der Waals surface area contributed by atoms with Gasteiger partial charge in [-0.1, -0.05) is 24.3 Å². The Morgan fingerprint density at radius 2 is 1.42 bits per heavy atom. The second kappa shape index (κ2) is 8.54. The van der Waals surface area contributed by atoms with E-state index in [2.05, 4.69) is 34.2 Å². The summed E-state index contributed by atoms with van der Waals surface area (Å²) in [6.45, 7) is 4.40. The van der Waals surface area contributed by atoms with Gasteiger partial charge in [-0.15, -0.1) is 0 Å². The molecule has 3 rings (SSSR count). The van der Waals surface area contributed by atoms with Gasteiger partial charge in [-0.25, -0.2) is 0 Å². The molecule has 26 heavy (non-hydrogen) atoms. The van der Waals surface area contributed by atoms with Crippen molar-refractivity contribution < 1.29 is 13.6 Å². The number of aromatic nitrogens is 2. The largest absolute Gasteiger partial charge is 0.364 e. The molecule has 0 unspecified atom stereocenters. The zero-order valence-electron chi connectivity index (χ0n) is 15.1. The minimum absolute atomic E-state index is 0.0969. The van der Waals surface area contributed by atoms with Gasteiger partial charge in [-0.2, -0.15) is 0 Å². The molecule has 0 saturated heterocycles. The quantitative estimate of drug-likeness (QED) is 0.502. The monoisotopic (exact) mass is 372 g/mol. The standard InChI is InChI=1S/C20H25N2O3P/c1-3-24-26(23,25-4-2)15-16-9-11-17(12-10-16)20(18-7-5-13-21-18)19-8-6-14-22-19/h5-14,20-22H,3-4,15H2,1-2H3. The maximum Gasteiger partial charge on any atom is 0.335 e. The molecule has 2 heterocycles. The van der Waals surface area contributed by atoms with Crippen LogP contribution < -0.4 is 0 Å². The molecular formula is C20H25N2O3P. The van der Waals surface area contributed by atoms with Crippen molar-refractivity contribution in [2.75, 3.05) is 13.2 Å². The van der Waals surface area contributed by atoms with Crippen molar-refractivity contribution >= 4 is 7.60 Å². The molecule has 3 aromatic rings. The predicted octanol–water partition coefficient (Wildman–Crippen LogP) is 5.29. The summed E-state index contributed by atoms with van der Waals surface area (Å²) in [5.41, 5.74) is 4.33. The number of H-pyrrole nitrogens is 2. The van der Waals surface area contributed by atoms with Gasteiger partial charge in [0.05, 0.1) is 25.3 Å². The van der Waals surface area contributed by atoms with Crippen molar-refractivity contribution in [1.82, 2.24) is 9.97 Å². The Kier molecular flexibility index (Phi) is 6.15. The van der Waals surface area contributed by atoms with Gasteiger partial charge in [0.2, 0.25) is 0 Å². The van der Waals surface area contributed by atoms with Crippen LogP contribution in [-0.2, 0) is 19.8 Å². The van der Waals surface area contributed by atoms with Crippen LogP contribution >= 0.6 is 7.60 Å². The molecule has 0 fully saturated rings. The summed E-state index contributed by atoms with van der Waals surface area (Å²) < 4.78 is 23.5. The highest BCUT2D eigenvalue weighted by atomic mass is 31.2. The van der Waals surface area contributed by atoms with Crippen LogP contribution in [0.1, 0.15) is 42.3 Å². The molecule has 2 N–H and O–H groups in total. The van der Waals surface area contributed by atoms with Crippen LogP contribution in [0.3, 0.4) is 0 Å². The Hall–Kier alpha value is -2.07. The highest BCUT2D eigenvalue weighted by Crippen LogP contribution is 2.51. The Labute approximate surface area is 154 Å². The van der Waals surface area contributed by atoms with Gasteiger partial charge in [0.15, 0.2) is 0 Å². The van der Waals surface area contributed by atoms with Gasteiger partial charge in [-0.3, -0.25) is 4.57 Å². The van der Waals surface area contributed by atoms with Gasteiger partial charge < -0.3 is 19.0 Å². The van der Waals surface area contributed by atoms with E-state index in [1.165, 1.54) is 0 Å². The number of aromatic amines is 2. The molecule has 0 radical (unpaired) electrons. The first-order valence-electron chi connectivity index (χ1n) is 8.88. The average molecular weight is 372 g/mol. The van der Waals surface area contributed by atoms with Gasteiger partial charge >= 0.3 is 7.60 Å². The number of benzene rings is 1. The van der Waals surface area contributed by atoms with Crippen molar-refractivity contribution in [2.24, 2.45) is 0 Å². The lowest BCUT2D eigenvalue weighted by Crippen LogP contribution is -2.05. The van der Waals surface area contributed by atoms with Crippen molar-refractivity contribution in [2.45, 2.75) is 25.9 Å². The molecule has 1 aromatic carbocycles. The maximum absolute atomic E-state index is 12.7. The van der Waals surface area contributed by atoms with Gasteiger partial charge in [0, 0.05) is 23.8 Å². The van der Waals surface area contributed by atoms with E-state index in [9.17, 15) is 4.57 Å². The third kappa shape index (κ3) is 4.36. The number of rotatable bonds is 9. The van der Waals surface area contributed by atoms with Crippen LogP contribution in [-0.4, -0.2) is 23.2 Å². The summed E-state index contributed by atoms with van der Waals surface area (Å²) in [5, 5.41) is 0.